The molecule has 1 amide bonds. The smallest absolute Gasteiger partial charge is 0.300 e. The molecule has 0 bridgehead atoms. The summed E-state index contributed by atoms with van der Waals surface area (Å²) >= 11 is 7.39. The minimum atomic E-state index is -0.617. The van der Waals surface area contributed by atoms with Crippen molar-refractivity contribution in [1.29, 1.82) is 0 Å². The van der Waals surface area contributed by atoms with E-state index in [4.69, 9.17) is 11.6 Å². The predicted molar refractivity (Wildman–Crippen MR) is 82.8 cm³/mol. The molecule has 2 aromatic rings. The monoisotopic (exact) mass is 324 g/mol. The Morgan fingerprint density at radius 1 is 1.38 bits per heavy atom. The van der Waals surface area contributed by atoms with Crippen molar-refractivity contribution in [3.63, 3.8) is 0 Å². The lowest BCUT2D eigenvalue weighted by molar-refractivity contribution is -0.385. The summed E-state index contributed by atoms with van der Waals surface area (Å²) in [7, 11) is 0. The van der Waals surface area contributed by atoms with Crippen LogP contribution in [0.3, 0.4) is 0 Å². The summed E-state index contributed by atoms with van der Waals surface area (Å²) in [5, 5.41) is 13.0. The van der Waals surface area contributed by atoms with Crippen LogP contribution in [0.5, 0.6) is 0 Å². The number of nitrogens with zero attached hydrogens (tertiary/aromatic N) is 2. The molecule has 0 radical (unpaired) electrons. The number of amides is 1. The number of rotatable bonds is 5. The number of thiophene rings is 1. The van der Waals surface area contributed by atoms with Crippen molar-refractivity contribution in [3.8, 4) is 0 Å². The molecule has 110 valence electrons. The van der Waals surface area contributed by atoms with Crippen molar-refractivity contribution < 1.29 is 9.72 Å². The van der Waals surface area contributed by atoms with Crippen LogP contribution in [0.15, 0.2) is 35.7 Å². The van der Waals surface area contributed by atoms with Crippen LogP contribution < -0.4 is 0 Å². The lowest BCUT2D eigenvalue weighted by Gasteiger charge is -2.20. The highest BCUT2D eigenvalue weighted by Crippen LogP contribution is 2.29. The molecule has 0 N–H and O–H groups in total. The van der Waals surface area contributed by atoms with Gasteiger partial charge in [-0.2, -0.15) is 0 Å². The molecule has 0 saturated carbocycles. The Bertz CT molecular complexity index is 658. The van der Waals surface area contributed by atoms with Gasteiger partial charge in [0.25, 0.3) is 5.91 Å². The first-order valence-corrected chi connectivity index (χ1v) is 7.55. The zero-order chi connectivity index (χ0) is 15.4. The van der Waals surface area contributed by atoms with E-state index in [1.165, 1.54) is 23.5 Å². The maximum atomic E-state index is 12.5. The number of benzene rings is 1. The van der Waals surface area contributed by atoms with Crippen LogP contribution >= 0.6 is 22.9 Å². The second kappa shape index (κ2) is 6.69. The van der Waals surface area contributed by atoms with Crippen LogP contribution in [-0.4, -0.2) is 22.3 Å². The van der Waals surface area contributed by atoms with Crippen LogP contribution in [0.2, 0.25) is 5.02 Å². The molecule has 0 aliphatic carbocycles. The Morgan fingerprint density at radius 2 is 2.14 bits per heavy atom. The number of carbonyl (C=O) groups excluding carboxylic acids is 1. The van der Waals surface area contributed by atoms with Gasteiger partial charge in [-0.25, -0.2) is 0 Å². The molecule has 21 heavy (non-hydrogen) atoms. The molecule has 1 aromatic heterocycles. The fourth-order valence-electron chi connectivity index (χ4n) is 1.96. The number of nitro groups is 1. The van der Waals surface area contributed by atoms with Crippen molar-refractivity contribution in [1.82, 2.24) is 4.90 Å². The van der Waals surface area contributed by atoms with Gasteiger partial charge in [-0.3, -0.25) is 14.9 Å². The lowest BCUT2D eigenvalue weighted by atomic mass is 10.1. The van der Waals surface area contributed by atoms with E-state index < -0.39 is 4.92 Å². The van der Waals surface area contributed by atoms with Crippen LogP contribution in [0.4, 0.5) is 5.69 Å². The molecule has 1 heterocycles. The third-order valence-corrected chi connectivity index (χ3v) is 4.16. The summed E-state index contributed by atoms with van der Waals surface area (Å²) < 4.78 is 0. The Labute approximate surface area is 130 Å². The second-order valence-electron chi connectivity index (χ2n) is 4.29. The average Bonchev–Trinajstić information content (AvgIpc) is 2.96. The minimum Gasteiger partial charge on any atom is -0.334 e. The first kappa shape index (κ1) is 15.5. The van der Waals surface area contributed by atoms with Crippen molar-refractivity contribution in [2.45, 2.75) is 13.5 Å². The maximum absolute atomic E-state index is 12.5. The van der Waals surface area contributed by atoms with Crippen molar-refractivity contribution in [2.75, 3.05) is 6.54 Å². The predicted octanol–water partition coefficient (Wildman–Crippen LogP) is 3.97. The fraction of sp³-hybridized carbons (Fsp3) is 0.214. The van der Waals surface area contributed by atoms with Gasteiger partial charge in [-0.05, 0) is 30.5 Å². The zero-order valence-corrected chi connectivity index (χ0v) is 12.9. The van der Waals surface area contributed by atoms with Gasteiger partial charge in [-0.15, -0.1) is 11.3 Å². The number of halogens is 1. The number of hydrogen-bond acceptors (Lipinski definition) is 4. The van der Waals surface area contributed by atoms with E-state index in [-0.39, 0.29) is 22.2 Å². The van der Waals surface area contributed by atoms with Gasteiger partial charge in [0.05, 0.1) is 11.5 Å². The number of nitro benzene ring substituents is 1. The number of para-hydroxylation sites is 1. The summed E-state index contributed by atoms with van der Waals surface area (Å²) in [6.45, 7) is 2.72. The Morgan fingerprint density at radius 3 is 2.71 bits per heavy atom. The third-order valence-electron chi connectivity index (χ3n) is 3.00. The number of hydrogen-bond donors (Lipinski definition) is 0. The van der Waals surface area contributed by atoms with E-state index in [0.29, 0.717) is 13.1 Å². The largest absolute Gasteiger partial charge is 0.334 e. The molecule has 7 heteroatoms. The van der Waals surface area contributed by atoms with E-state index in [2.05, 4.69) is 0 Å². The quantitative estimate of drug-likeness (QED) is 0.617. The fourth-order valence-corrected chi connectivity index (χ4v) is 2.92. The molecule has 0 aliphatic rings. The SMILES string of the molecule is CCN(Cc1cccs1)C(=O)c1cccc(Cl)c1[N+](=O)[O-]. The lowest BCUT2D eigenvalue weighted by Crippen LogP contribution is -2.30. The van der Waals surface area contributed by atoms with Gasteiger partial charge in [0.1, 0.15) is 10.6 Å². The summed E-state index contributed by atoms with van der Waals surface area (Å²) in [5.41, 5.74) is -0.320. The van der Waals surface area contributed by atoms with Gasteiger partial charge >= 0.3 is 5.69 Å². The average molecular weight is 325 g/mol. The standard InChI is InChI=1S/C14H13ClN2O3S/c1-2-16(9-10-5-4-8-21-10)14(18)11-6-3-7-12(15)13(11)17(19)20/h3-8H,2,9H2,1H3. The van der Waals surface area contributed by atoms with E-state index in [9.17, 15) is 14.9 Å². The normalized spacial score (nSPS) is 10.4. The summed E-state index contributed by atoms with van der Waals surface area (Å²) in [5.74, 6) is -0.389. The number of carbonyl (C=O) groups is 1. The highest BCUT2D eigenvalue weighted by molar-refractivity contribution is 7.09. The molecular formula is C14H13ClN2O3S. The Balaban J connectivity index is 2.34. The van der Waals surface area contributed by atoms with Crippen LogP contribution in [0, 0.1) is 10.1 Å². The molecule has 2 rings (SSSR count). The third kappa shape index (κ3) is 3.40. The second-order valence-corrected chi connectivity index (χ2v) is 5.73. The van der Waals surface area contributed by atoms with Gasteiger partial charge in [0.2, 0.25) is 0 Å². The zero-order valence-electron chi connectivity index (χ0n) is 11.3. The van der Waals surface area contributed by atoms with Crippen molar-refractivity contribution >= 4 is 34.5 Å². The van der Waals surface area contributed by atoms with Crippen molar-refractivity contribution in [2.24, 2.45) is 0 Å². The van der Waals surface area contributed by atoms with Crippen LogP contribution in [0.1, 0.15) is 22.2 Å². The van der Waals surface area contributed by atoms with Gasteiger partial charge in [0.15, 0.2) is 0 Å². The molecular weight excluding hydrogens is 312 g/mol. The Kier molecular flexibility index (Phi) is 4.93. The van der Waals surface area contributed by atoms with Crippen LogP contribution in [0.25, 0.3) is 0 Å². The highest BCUT2D eigenvalue weighted by Gasteiger charge is 2.26. The summed E-state index contributed by atoms with van der Waals surface area (Å²) in [6.07, 6.45) is 0. The first-order chi connectivity index (χ1) is 10.0. The molecule has 0 fully saturated rings. The molecule has 0 aliphatic heterocycles. The van der Waals surface area contributed by atoms with E-state index in [1.807, 2.05) is 24.4 Å². The first-order valence-electron chi connectivity index (χ1n) is 6.29. The van der Waals surface area contributed by atoms with Crippen molar-refractivity contribution in [3.05, 3.63) is 61.3 Å². The minimum absolute atomic E-state index is 0.0194. The topological polar surface area (TPSA) is 63.5 Å². The summed E-state index contributed by atoms with van der Waals surface area (Å²) in [4.78, 5) is 25.6. The Hall–Kier alpha value is -1.92. The van der Waals surface area contributed by atoms with Gasteiger partial charge in [-0.1, -0.05) is 23.7 Å². The van der Waals surface area contributed by atoms with E-state index in [1.54, 1.807) is 11.0 Å². The summed E-state index contributed by atoms with van der Waals surface area (Å²) in [6, 6.07) is 8.21. The van der Waals surface area contributed by atoms with Gasteiger partial charge < -0.3 is 4.90 Å². The van der Waals surface area contributed by atoms with E-state index >= 15 is 0 Å². The molecule has 5 nitrogen and oxygen atoms in total. The van der Waals surface area contributed by atoms with E-state index in [0.717, 1.165) is 4.88 Å². The molecule has 1 aromatic carbocycles. The van der Waals surface area contributed by atoms with Gasteiger partial charge in [0, 0.05) is 11.4 Å². The highest BCUT2D eigenvalue weighted by atomic mass is 35.5. The maximum Gasteiger partial charge on any atom is 0.300 e. The molecule has 0 unspecified atom stereocenters. The van der Waals surface area contributed by atoms with Crippen LogP contribution in [-0.2, 0) is 6.54 Å². The molecule has 0 atom stereocenters. The molecule has 0 saturated heterocycles. The molecule has 0 spiro atoms.